The largest absolute Gasteiger partial charge is 0.393 e. The van der Waals surface area contributed by atoms with E-state index in [1.165, 1.54) is 18.4 Å². The van der Waals surface area contributed by atoms with Crippen LogP contribution in [0.25, 0.3) is 0 Å². The zero-order chi connectivity index (χ0) is 13.8. The highest BCUT2D eigenvalue weighted by molar-refractivity contribution is 6.30. The summed E-state index contributed by atoms with van der Waals surface area (Å²) in [6.07, 6.45) is 3.08. The summed E-state index contributed by atoms with van der Waals surface area (Å²) >= 11 is 6.10. The Morgan fingerprint density at radius 1 is 1.47 bits per heavy atom. The normalized spacial score (nSPS) is 16.4. The van der Waals surface area contributed by atoms with Crippen LogP contribution in [-0.2, 0) is 6.54 Å². The second kappa shape index (κ2) is 6.60. The van der Waals surface area contributed by atoms with Gasteiger partial charge in [0, 0.05) is 36.9 Å². The number of rotatable bonds is 7. The lowest BCUT2D eigenvalue weighted by Gasteiger charge is -2.23. The summed E-state index contributed by atoms with van der Waals surface area (Å²) in [5, 5.41) is 13.7. The van der Waals surface area contributed by atoms with E-state index < -0.39 is 0 Å². The summed E-state index contributed by atoms with van der Waals surface area (Å²) in [6, 6.07) is 6.74. The Morgan fingerprint density at radius 3 is 2.84 bits per heavy atom. The van der Waals surface area contributed by atoms with E-state index in [9.17, 15) is 5.11 Å². The summed E-state index contributed by atoms with van der Waals surface area (Å²) < 4.78 is 0. The molecule has 1 atom stereocenters. The van der Waals surface area contributed by atoms with Gasteiger partial charge >= 0.3 is 0 Å². The summed E-state index contributed by atoms with van der Waals surface area (Å²) in [7, 11) is 2.05. The molecule has 2 rings (SSSR count). The number of halogens is 1. The molecule has 1 saturated carbocycles. The van der Waals surface area contributed by atoms with Gasteiger partial charge in [-0.25, -0.2) is 0 Å². The highest BCUT2D eigenvalue weighted by Gasteiger charge is 2.20. The second-order valence-electron chi connectivity index (χ2n) is 5.49. The van der Waals surface area contributed by atoms with Gasteiger partial charge < -0.3 is 15.3 Å². The van der Waals surface area contributed by atoms with Crippen molar-refractivity contribution >= 4 is 17.3 Å². The van der Waals surface area contributed by atoms with Gasteiger partial charge in [-0.1, -0.05) is 17.7 Å². The van der Waals surface area contributed by atoms with Crippen LogP contribution >= 0.6 is 11.6 Å². The SMILES string of the molecule is CC(O)CCN(C)c1cc(Cl)ccc1CNC1CC1. The first-order valence-corrected chi connectivity index (χ1v) is 7.35. The van der Waals surface area contributed by atoms with Crippen LogP contribution in [-0.4, -0.2) is 30.8 Å². The van der Waals surface area contributed by atoms with Crippen LogP contribution in [0.5, 0.6) is 0 Å². The Balaban J connectivity index is 2.03. The summed E-state index contributed by atoms with van der Waals surface area (Å²) in [5.41, 5.74) is 2.42. The van der Waals surface area contributed by atoms with Gasteiger partial charge in [0.15, 0.2) is 0 Å². The topological polar surface area (TPSA) is 35.5 Å². The molecule has 4 heteroatoms. The Morgan fingerprint density at radius 2 is 2.21 bits per heavy atom. The predicted molar refractivity (Wildman–Crippen MR) is 80.9 cm³/mol. The Labute approximate surface area is 120 Å². The van der Waals surface area contributed by atoms with Gasteiger partial charge in [0.25, 0.3) is 0 Å². The van der Waals surface area contributed by atoms with Crippen LogP contribution in [0, 0.1) is 0 Å². The first-order valence-electron chi connectivity index (χ1n) is 6.97. The highest BCUT2D eigenvalue weighted by Crippen LogP contribution is 2.26. The Hall–Kier alpha value is -0.770. The summed E-state index contributed by atoms with van der Waals surface area (Å²) in [5.74, 6) is 0. The third-order valence-corrected chi connectivity index (χ3v) is 3.73. The summed E-state index contributed by atoms with van der Waals surface area (Å²) in [6.45, 7) is 3.53. The molecule has 0 radical (unpaired) electrons. The minimum Gasteiger partial charge on any atom is -0.393 e. The van der Waals surface area contributed by atoms with E-state index in [2.05, 4.69) is 23.3 Å². The van der Waals surface area contributed by atoms with E-state index in [1.807, 2.05) is 19.1 Å². The van der Waals surface area contributed by atoms with E-state index in [0.29, 0.717) is 6.04 Å². The molecule has 106 valence electrons. The molecule has 1 unspecified atom stereocenters. The van der Waals surface area contributed by atoms with Crippen molar-refractivity contribution in [3.63, 3.8) is 0 Å². The number of hydrogen-bond acceptors (Lipinski definition) is 3. The smallest absolute Gasteiger partial charge is 0.0528 e. The van der Waals surface area contributed by atoms with Crippen molar-refractivity contribution in [1.29, 1.82) is 0 Å². The number of nitrogens with one attached hydrogen (secondary N) is 1. The lowest BCUT2D eigenvalue weighted by Crippen LogP contribution is -2.24. The fourth-order valence-electron chi connectivity index (χ4n) is 2.08. The van der Waals surface area contributed by atoms with Crippen molar-refractivity contribution in [2.45, 2.75) is 44.9 Å². The van der Waals surface area contributed by atoms with Crippen LogP contribution in [0.4, 0.5) is 5.69 Å². The van der Waals surface area contributed by atoms with Crippen molar-refractivity contribution in [2.24, 2.45) is 0 Å². The maximum absolute atomic E-state index is 9.39. The Kier molecular flexibility index (Phi) is 5.08. The van der Waals surface area contributed by atoms with Crippen molar-refractivity contribution in [3.05, 3.63) is 28.8 Å². The van der Waals surface area contributed by atoms with E-state index >= 15 is 0 Å². The first kappa shape index (κ1) is 14.6. The fourth-order valence-corrected chi connectivity index (χ4v) is 2.25. The molecule has 0 saturated heterocycles. The first-order chi connectivity index (χ1) is 9.06. The lowest BCUT2D eigenvalue weighted by molar-refractivity contribution is 0.187. The molecule has 2 N–H and O–H groups in total. The van der Waals surface area contributed by atoms with Crippen molar-refractivity contribution in [1.82, 2.24) is 5.32 Å². The zero-order valence-electron chi connectivity index (χ0n) is 11.7. The molecule has 1 aromatic rings. The predicted octanol–water partition coefficient (Wildman–Crippen LogP) is 2.80. The number of nitrogens with zero attached hydrogens (tertiary/aromatic N) is 1. The maximum Gasteiger partial charge on any atom is 0.0528 e. The molecule has 0 heterocycles. The molecule has 0 bridgehead atoms. The standard InChI is InChI=1S/C15H23ClN2O/c1-11(19)7-8-18(2)15-9-13(16)4-3-12(15)10-17-14-5-6-14/h3-4,9,11,14,17,19H,5-8,10H2,1-2H3. The van der Waals surface area contributed by atoms with Crippen LogP contribution in [0.15, 0.2) is 18.2 Å². The van der Waals surface area contributed by atoms with E-state index in [4.69, 9.17) is 11.6 Å². The van der Waals surface area contributed by atoms with Gasteiger partial charge in [0.1, 0.15) is 0 Å². The molecule has 1 aromatic carbocycles. The van der Waals surface area contributed by atoms with Crippen LogP contribution in [0.3, 0.4) is 0 Å². The fraction of sp³-hybridized carbons (Fsp3) is 0.600. The number of aliphatic hydroxyl groups is 1. The van der Waals surface area contributed by atoms with Gasteiger partial charge in [-0.3, -0.25) is 0 Å². The molecular formula is C15H23ClN2O. The van der Waals surface area contributed by atoms with Crippen molar-refractivity contribution < 1.29 is 5.11 Å². The molecular weight excluding hydrogens is 260 g/mol. The average molecular weight is 283 g/mol. The van der Waals surface area contributed by atoms with Gasteiger partial charge in [0.2, 0.25) is 0 Å². The molecule has 0 spiro atoms. The van der Waals surface area contributed by atoms with Crippen LogP contribution in [0.1, 0.15) is 31.7 Å². The van der Waals surface area contributed by atoms with E-state index in [1.54, 1.807) is 0 Å². The highest BCUT2D eigenvalue weighted by atomic mass is 35.5. The van der Waals surface area contributed by atoms with Gasteiger partial charge in [-0.05, 0) is 43.9 Å². The molecule has 0 amide bonds. The minimum atomic E-state index is -0.269. The average Bonchev–Trinajstić information content (AvgIpc) is 3.18. The van der Waals surface area contributed by atoms with Gasteiger partial charge in [0.05, 0.1) is 6.10 Å². The van der Waals surface area contributed by atoms with E-state index in [0.717, 1.165) is 30.2 Å². The number of benzene rings is 1. The molecule has 1 aliphatic rings. The van der Waals surface area contributed by atoms with Crippen molar-refractivity contribution in [3.8, 4) is 0 Å². The number of hydrogen-bond donors (Lipinski definition) is 2. The number of anilines is 1. The molecule has 1 fully saturated rings. The summed E-state index contributed by atoms with van der Waals surface area (Å²) in [4.78, 5) is 2.17. The molecule has 0 aliphatic heterocycles. The third kappa shape index (κ3) is 4.68. The van der Waals surface area contributed by atoms with Crippen LogP contribution < -0.4 is 10.2 Å². The monoisotopic (exact) mass is 282 g/mol. The molecule has 19 heavy (non-hydrogen) atoms. The van der Waals surface area contributed by atoms with Crippen molar-refractivity contribution in [2.75, 3.05) is 18.5 Å². The van der Waals surface area contributed by atoms with Gasteiger partial charge in [-0.2, -0.15) is 0 Å². The third-order valence-electron chi connectivity index (χ3n) is 3.50. The zero-order valence-corrected chi connectivity index (χ0v) is 12.5. The minimum absolute atomic E-state index is 0.269. The molecule has 0 aromatic heterocycles. The van der Waals surface area contributed by atoms with Gasteiger partial charge in [-0.15, -0.1) is 0 Å². The van der Waals surface area contributed by atoms with E-state index in [-0.39, 0.29) is 6.10 Å². The molecule has 1 aliphatic carbocycles. The molecule has 3 nitrogen and oxygen atoms in total. The van der Waals surface area contributed by atoms with Crippen LogP contribution in [0.2, 0.25) is 5.02 Å². The number of aliphatic hydroxyl groups excluding tert-OH is 1. The lowest BCUT2D eigenvalue weighted by atomic mass is 10.1. The maximum atomic E-state index is 9.39. The second-order valence-corrected chi connectivity index (χ2v) is 5.92. The quantitative estimate of drug-likeness (QED) is 0.807. The Bertz CT molecular complexity index is 419.